The quantitative estimate of drug-likeness (QED) is 0.802. The predicted molar refractivity (Wildman–Crippen MR) is 65.7 cm³/mol. The van der Waals surface area contributed by atoms with E-state index in [4.69, 9.17) is 0 Å². The van der Waals surface area contributed by atoms with E-state index in [0.717, 1.165) is 31.8 Å². The summed E-state index contributed by atoms with van der Waals surface area (Å²) in [6.45, 7) is 3.92. The molecule has 2 rings (SSSR count). The number of hydrogen-bond donors (Lipinski definition) is 2. The Labute approximate surface area is 102 Å². The molecule has 2 atom stereocenters. The average molecular weight is 236 g/mol. The Hall–Kier alpha value is -1.36. The fourth-order valence-electron chi connectivity index (χ4n) is 2.47. The summed E-state index contributed by atoms with van der Waals surface area (Å²) >= 11 is 0. The molecular formula is C12H20N4O. The summed E-state index contributed by atoms with van der Waals surface area (Å²) < 4.78 is 2.16. The van der Waals surface area contributed by atoms with E-state index in [9.17, 15) is 4.79 Å². The maximum absolute atomic E-state index is 11.6. The predicted octanol–water partition coefficient (Wildman–Crippen LogP) is 0.485. The van der Waals surface area contributed by atoms with Crippen LogP contribution in [0, 0.1) is 0 Å². The van der Waals surface area contributed by atoms with Gasteiger partial charge in [-0.25, -0.2) is 4.98 Å². The fraction of sp³-hybridized carbons (Fsp3) is 0.667. The third kappa shape index (κ3) is 2.49. The van der Waals surface area contributed by atoms with Gasteiger partial charge in [-0.2, -0.15) is 0 Å². The molecule has 2 heterocycles. The number of aromatic nitrogens is 2. The molecule has 17 heavy (non-hydrogen) atoms. The SMILES string of the molecule is CCn1ccnc1C1CCNC(C(=O)NC)C1. The molecule has 1 aromatic rings. The van der Waals surface area contributed by atoms with E-state index in [2.05, 4.69) is 27.1 Å². The van der Waals surface area contributed by atoms with E-state index >= 15 is 0 Å². The number of amides is 1. The fourth-order valence-corrected chi connectivity index (χ4v) is 2.47. The van der Waals surface area contributed by atoms with Gasteiger partial charge in [0.05, 0.1) is 6.04 Å². The Morgan fingerprint density at radius 3 is 3.24 bits per heavy atom. The molecule has 0 bridgehead atoms. The minimum absolute atomic E-state index is 0.0734. The van der Waals surface area contributed by atoms with Gasteiger partial charge in [0.15, 0.2) is 0 Å². The number of rotatable bonds is 3. The van der Waals surface area contributed by atoms with Crippen molar-refractivity contribution in [3.8, 4) is 0 Å². The molecule has 0 aromatic carbocycles. The van der Waals surface area contributed by atoms with E-state index in [1.165, 1.54) is 0 Å². The van der Waals surface area contributed by atoms with Crippen molar-refractivity contribution >= 4 is 5.91 Å². The second-order valence-electron chi connectivity index (χ2n) is 4.41. The number of carbonyl (C=O) groups excluding carboxylic acids is 1. The number of nitrogens with zero attached hydrogens (tertiary/aromatic N) is 2. The smallest absolute Gasteiger partial charge is 0.236 e. The van der Waals surface area contributed by atoms with E-state index in [1.54, 1.807) is 7.05 Å². The van der Waals surface area contributed by atoms with Gasteiger partial charge in [0.2, 0.25) is 5.91 Å². The molecular weight excluding hydrogens is 216 g/mol. The lowest BCUT2D eigenvalue weighted by molar-refractivity contribution is -0.123. The minimum atomic E-state index is -0.0826. The summed E-state index contributed by atoms with van der Waals surface area (Å²) in [5, 5.41) is 5.95. The van der Waals surface area contributed by atoms with Crippen LogP contribution in [0.2, 0.25) is 0 Å². The van der Waals surface area contributed by atoms with Crippen LogP contribution in [0.3, 0.4) is 0 Å². The highest BCUT2D eigenvalue weighted by atomic mass is 16.2. The van der Waals surface area contributed by atoms with Crippen molar-refractivity contribution in [1.82, 2.24) is 20.2 Å². The number of carbonyl (C=O) groups is 1. The third-order valence-electron chi connectivity index (χ3n) is 3.42. The van der Waals surface area contributed by atoms with E-state index in [1.807, 2.05) is 12.4 Å². The lowest BCUT2D eigenvalue weighted by atomic mass is 9.91. The third-order valence-corrected chi connectivity index (χ3v) is 3.42. The molecule has 5 heteroatoms. The summed E-state index contributed by atoms with van der Waals surface area (Å²) in [7, 11) is 1.68. The number of piperidine rings is 1. The monoisotopic (exact) mass is 236 g/mol. The molecule has 2 unspecified atom stereocenters. The summed E-state index contributed by atoms with van der Waals surface area (Å²) in [5.74, 6) is 1.57. The van der Waals surface area contributed by atoms with Crippen molar-refractivity contribution in [3.05, 3.63) is 18.2 Å². The van der Waals surface area contributed by atoms with Gasteiger partial charge in [-0.15, -0.1) is 0 Å². The number of nitrogens with one attached hydrogen (secondary N) is 2. The van der Waals surface area contributed by atoms with Crippen LogP contribution in [0.25, 0.3) is 0 Å². The highest BCUT2D eigenvalue weighted by Crippen LogP contribution is 2.26. The zero-order chi connectivity index (χ0) is 12.3. The van der Waals surface area contributed by atoms with Crippen LogP contribution >= 0.6 is 0 Å². The zero-order valence-corrected chi connectivity index (χ0v) is 10.4. The van der Waals surface area contributed by atoms with Gasteiger partial charge in [0.1, 0.15) is 5.82 Å². The van der Waals surface area contributed by atoms with E-state index in [0.29, 0.717) is 5.92 Å². The standard InChI is InChI=1S/C12H20N4O/c1-3-16-7-6-15-11(16)9-4-5-14-10(8-9)12(17)13-2/h6-7,9-10,14H,3-5,8H2,1-2H3,(H,13,17). The Kier molecular flexibility index (Phi) is 3.78. The molecule has 0 radical (unpaired) electrons. The maximum atomic E-state index is 11.6. The molecule has 1 aliphatic heterocycles. The van der Waals surface area contributed by atoms with Gasteiger partial charge in [-0.1, -0.05) is 0 Å². The second kappa shape index (κ2) is 5.31. The largest absolute Gasteiger partial charge is 0.358 e. The number of aryl methyl sites for hydroxylation is 1. The Morgan fingerprint density at radius 1 is 1.71 bits per heavy atom. The first-order chi connectivity index (χ1) is 8.26. The highest BCUT2D eigenvalue weighted by Gasteiger charge is 2.29. The van der Waals surface area contributed by atoms with Crippen molar-refractivity contribution in [2.75, 3.05) is 13.6 Å². The van der Waals surface area contributed by atoms with Crippen LogP contribution in [0.1, 0.15) is 31.5 Å². The first-order valence-corrected chi connectivity index (χ1v) is 6.22. The van der Waals surface area contributed by atoms with Gasteiger partial charge in [-0.05, 0) is 26.3 Å². The van der Waals surface area contributed by atoms with Crippen molar-refractivity contribution in [2.24, 2.45) is 0 Å². The minimum Gasteiger partial charge on any atom is -0.358 e. The van der Waals surface area contributed by atoms with Gasteiger partial charge < -0.3 is 15.2 Å². The van der Waals surface area contributed by atoms with Gasteiger partial charge >= 0.3 is 0 Å². The van der Waals surface area contributed by atoms with Crippen molar-refractivity contribution in [2.45, 2.75) is 38.3 Å². The molecule has 0 saturated carbocycles. The second-order valence-corrected chi connectivity index (χ2v) is 4.41. The molecule has 1 amide bonds. The Bertz CT molecular complexity index is 388. The average Bonchev–Trinajstić information content (AvgIpc) is 2.86. The number of imidazole rings is 1. The Morgan fingerprint density at radius 2 is 2.53 bits per heavy atom. The lowest BCUT2D eigenvalue weighted by Gasteiger charge is -2.29. The molecule has 0 spiro atoms. The summed E-state index contributed by atoms with van der Waals surface area (Å²) in [4.78, 5) is 16.1. The first-order valence-electron chi connectivity index (χ1n) is 6.22. The van der Waals surface area contributed by atoms with Crippen LogP contribution in [0.15, 0.2) is 12.4 Å². The van der Waals surface area contributed by atoms with Gasteiger partial charge in [0.25, 0.3) is 0 Å². The molecule has 94 valence electrons. The van der Waals surface area contributed by atoms with Crippen LogP contribution in [0.4, 0.5) is 0 Å². The van der Waals surface area contributed by atoms with Crippen LogP contribution < -0.4 is 10.6 Å². The molecule has 0 aliphatic carbocycles. The van der Waals surface area contributed by atoms with Crippen LogP contribution in [-0.4, -0.2) is 35.1 Å². The van der Waals surface area contributed by atoms with Crippen LogP contribution in [0.5, 0.6) is 0 Å². The normalized spacial score (nSPS) is 24.6. The van der Waals surface area contributed by atoms with Crippen molar-refractivity contribution in [1.29, 1.82) is 0 Å². The first kappa shape index (κ1) is 12.1. The molecule has 5 nitrogen and oxygen atoms in total. The number of likely N-dealkylation sites (N-methyl/N-ethyl adjacent to an activating group) is 1. The zero-order valence-electron chi connectivity index (χ0n) is 10.4. The molecule has 2 N–H and O–H groups in total. The summed E-state index contributed by atoms with van der Waals surface area (Å²) in [6.07, 6.45) is 5.73. The van der Waals surface area contributed by atoms with Gasteiger partial charge in [-0.3, -0.25) is 4.79 Å². The van der Waals surface area contributed by atoms with E-state index < -0.39 is 0 Å². The molecule has 1 fully saturated rings. The number of hydrogen-bond acceptors (Lipinski definition) is 3. The topological polar surface area (TPSA) is 59.0 Å². The van der Waals surface area contributed by atoms with E-state index in [-0.39, 0.29) is 11.9 Å². The van der Waals surface area contributed by atoms with Crippen LogP contribution in [-0.2, 0) is 11.3 Å². The Balaban J connectivity index is 2.09. The van der Waals surface area contributed by atoms with Crippen molar-refractivity contribution in [3.63, 3.8) is 0 Å². The molecule has 1 aliphatic rings. The van der Waals surface area contributed by atoms with Crippen molar-refractivity contribution < 1.29 is 4.79 Å². The van der Waals surface area contributed by atoms with Gasteiger partial charge in [0, 0.05) is 31.9 Å². The lowest BCUT2D eigenvalue weighted by Crippen LogP contribution is -2.47. The summed E-state index contributed by atoms with van der Waals surface area (Å²) in [6, 6.07) is -0.0826. The molecule has 1 aromatic heterocycles. The summed E-state index contributed by atoms with van der Waals surface area (Å²) in [5.41, 5.74) is 0. The maximum Gasteiger partial charge on any atom is 0.236 e. The highest BCUT2D eigenvalue weighted by molar-refractivity contribution is 5.81. The molecule has 1 saturated heterocycles.